The SMILES string of the molecule is c1ccc(CC2=NN[C@H](c3cccc4ccccc34)S2)cc1. The summed E-state index contributed by atoms with van der Waals surface area (Å²) in [6, 6.07) is 25.5. The van der Waals surface area contributed by atoms with E-state index in [1.54, 1.807) is 0 Å². The van der Waals surface area contributed by atoms with Gasteiger partial charge in [-0.1, -0.05) is 84.6 Å². The van der Waals surface area contributed by atoms with Gasteiger partial charge in [0.15, 0.2) is 0 Å². The van der Waals surface area contributed by atoms with Gasteiger partial charge in [-0.2, -0.15) is 5.10 Å². The highest BCUT2D eigenvalue weighted by molar-refractivity contribution is 8.14. The third-order valence-corrected chi connectivity index (χ3v) is 4.97. The number of hydrogen-bond donors (Lipinski definition) is 1. The number of hydrazone groups is 1. The van der Waals surface area contributed by atoms with Crippen LogP contribution in [-0.4, -0.2) is 5.04 Å². The molecule has 0 amide bonds. The third kappa shape index (κ3) is 2.60. The Balaban J connectivity index is 1.56. The van der Waals surface area contributed by atoms with Crippen molar-refractivity contribution in [3.05, 3.63) is 83.9 Å². The van der Waals surface area contributed by atoms with E-state index >= 15 is 0 Å². The van der Waals surface area contributed by atoms with Crippen molar-refractivity contribution in [1.82, 2.24) is 5.43 Å². The number of nitrogens with zero attached hydrogens (tertiary/aromatic N) is 1. The van der Waals surface area contributed by atoms with Crippen molar-refractivity contribution in [2.24, 2.45) is 5.10 Å². The molecule has 0 unspecified atom stereocenters. The largest absolute Gasteiger partial charge is 0.291 e. The predicted octanol–water partition coefficient (Wildman–Crippen LogP) is 4.73. The topological polar surface area (TPSA) is 24.4 Å². The first-order valence-corrected chi connectivity index (χ1v) is 8.28. The number of rotatable bonds is 3. The Morgan fingerprint density at radius 2 is 1.64 bits per heavy atom. The first-order chi connectivity index (χ1) is 10.9. The summed E-state index contributed by atoms with van der Waals surface area (Å²) in [5.41, 5.74) is 5.89. The summed E-state index contributed by atoms with van der Waals surface area (Å²) < 4.78 is 0. The number of fused-ring (bicyclic) bond motifs is 1. The van der Waals surface area contributed by atoms with Gasteiger partial charge < -0.3 is 0 Å². The van der Waals surface area contributed by atoms with Crippen molar-refractivity contribution < 1.29 is 0 Å². The molecule has 4 rings (SSSR count). The molecule has 3 aromatic rings. The Hall–Kier alpha value is -2.26. The van der Waals surface area contributed by atoms with E-state index in [1.807, 2.05) is 17.8 Å². The molecule has 1 aliphatic rings. The minimum atomic E-state index is 0.199. The van der Waals surface area contributed by atoms with Gasteiger partial charge in [0.25, 0.3) is 0 Å². The molecular weight excluding hydrogens is 288 g/mol. The molecule has 0 saturated heterocycles. The lowest BCUT2D eigenvalue weighted by Gasteiger charge is -2.12. The highest BCUT2D eigenvalue weighted by Gasteiger charge is 2.22. The summed E-state index contributed by atoms with van der Waals surface area (Å²) in [4.78, 5) is 0. The number of nitrogens with one attached hydrogen (secondary N) is 1. The molecule has 1 N–H and O–H groups in total. The standard InChI is InChI=1S/C19H16N2S/c1-2-7-14(8-3-1)13-18-20-21-19(22-18)17-12-6-10-15-9-4-5-11-16(15)17/h1-12,19,21H,13H2/t19-/m0/s1. The van der Waals surface area contributed by atoms with E-state index in [0.717, 1.165) is 11.5 Å². The highest BCUT2D eigenvalue weighted by Crippen LogP contribution is 2.36. The minimum absolute atomic E-state index is 0.199. The van der Waals surface area contributed by atoms with Crippen LogP contribution in [0.15, 0.2) is 77.9 Å². The molecule has 0 bridgehead atoms. The first-order valence-electron chi connectivity index (χ1n) is 7.40. The van der Waals surface area contributed by atoms with E-state index in [4.69, 9.17) is 0 Å². The summed E-state index contributed by atoms with van der Waals surface area (Å²) in [5, 5.41) is 8.44. The van der Waals surface area contributed by atoms with Gasteiger partial charge in [-0.15, -0.1) is 0 Å². The van der Waals surface area contributed by atoms with Crippen LogP contribution in [0.5, 0.6) is 0 Å². The quantitative estimate of drug-likeness (QED) is 0.756. The maximum atomic E-state index is 4.53. The van der Waals surface area contributed by atoms with E-state index in [2.05, 4.69) is 77.3 Å². The molecule has 0 fully saturated rings. The molecule has 0 saturated carbocycles. The maximum Gasteiger partial charge on any atom is 0.121 e. The number of hydrogen-bond acceptors (Lipinski definition) is 3. The molecule has 3 aromatic carbocycles. The van der Waals surface area contributed by atoms with Gasteiger partial charge >= 0.3 is 0 Å². The van der Waals surface area contributed by atoms with Gasteiger partial charge in [0.05, 0.1) is 5.04 Å². The molecule has 1 aliphatic heterocycles. The van der Waals surface area contributed by atoms with Crippen LogP contribution in [0.25, 0.3) is 10.8 Å². The van der Waals surface area contributed by atoms with Gasteiger partial charge in [-0.25, -0.2) is 0 Å². The van der Waals surface area contributed by atoms with Crippen molar-refractivity contribution in [3.63, 3.8) is 0 Å². The van der Waals surface area contributed by atoms with Crippen molar-refractivity contribution in [2.45, 2.75) is 11.8 Å². The number of thioether (sulfide) groups is 1. The van der Waals surface area contributed by atoms with Crippen molar-refractivity contribution in [1.29, 1.82) is 0 Å². The summed E-state index contributed by atoms with van der Waals surface area (Å²) in [5.74, 6) is 0. The van der Waals surface area contributed by atoms with Crippen molar-refractivity contribution >= 4 is 27.6 Å². The van der Waals surface area contributed by atoms with Gasteiger partial charge in [0, 0.05) is 6.42 Å². The summed E-state index contributed by atoms with van der Waals surface area (Å²) in [6.45, 7) is 0. The van der Waals surface area contributed by atoms with Crippen LogP contribution in [0.2, 0.25) is 0 Å². The second kappa shape index (κ2) is 5.85. The lowest BCUT2D eigenvalue weighted by atomic mass is 10.0. The van der Waals surface area contributed by atoms with Crippen LogP contribution in [0.1, 0.15) is 16.5 Å². The predicted molar refractivity (Wildman–Crippen MR) is 95.0 cm³/mol. The summed E-state index contributed by atoms with van der Waals surface area (Å²) in [7, 11) is 0. The average Bonchev–Trinajstić information content (AvgIpc) is 3.03. The van der Waals surface area contributed by atoms with Gasteiger partial charge in [0.1, 0.15) is 5.37 Å². The van der Waals surface area contributed by atoms with Gasteiger partial charge in [-0.3, -0.25) is 5.43 Å². The fraction of sp³-hybridized carbons (Fsp3) is 0.105. The molecule has 1 heterocycles. The molecule has 0 aliphatic carbocycles. The zero-order valence-electron chi connectivity index (χ0n) is 12.1. The normalized spacial score (nSPS) is 17.3. The fourth-order valence-corrected chi connectivity index (χ4v) is 3.85. The Morgan fingerprint density at radius 3 is 2.55 bits per heavy atom. The highest BCUT2D eigenvalue weighted by atomic mass is 32.2. The monoisotopic (exact) mass is 304 g/mol. The van der Waals surface area contributed by atoms with E-state index in [9.17, 15) is 0 Å². The van der Waals surface area contributed by atoms with E-state index in [0.29, 0.717) is 0 Å². The van der Waals surface area contributed by atoms with Crippen LogP contribution < -0.4 is 5.43 Å². The van der Waals surface area contributed by atoms with E-state index in [1.165, 1.54) is 21.9 Å². The second-order valence-electron chi connectivity index (χ2n) is 5.36. The Labute approximate surface area is 134 Å². The zero-order chi connectivity index (χ0) is 14.8. The average molecular weight is 304 g/mol. The minimum Gasteiger partial charge on any atom is -0.291 e. The molecule has 22 heavy (non-hydrogen) atoms. The lowest BCUT2D eigenvalue weighted by molar-refractivity contribution is 0.747. The Bertz CT molecular complexity index is 822. The van der Waals surface area contributed by atoms with Gasteiger partial charge in [0.2, 0.25) is 0 Å². The second-order valence-corrected chi connectivity index (χ2v) is 6.54. The summed E-state index contributed by atoms with van der Waals surface area (Å²) >= 11 is 1.81. The first kappa shape index (κ1) is 13.4. The molecule has 3 heteroatoms. The van der Waals surface area contributed by atoms with Crippen LogP contribution >= 0.6 is 11.8 Å². The summed E-state index contributed by atoms with van der Waals surface area (Å²) in [6.07, 6.45) is 0.889. The fourth-order valence-electron chi connectivity index (χ4n) is 2.78. The molecule has 2 nitrogen and oxygen atoms in total. The lowest BCUT2D eigenvalue weighted by Crippen LogP contribution is -2.06. The van der Waals surface area contributed by atoms with E-state index < -0.39 is 0 Å². The van der Waals surface area contributed by atoms with Crippen LogP contribution in [0, 0.1) is 0 Å². The Morgan fingerprint density at radius 1 is 0.864 bits per heavy atom. The van der Waals surface area contributed by atoms with Gasteiger partial charge in [-0.05, 0) is 21.9 Å². The Kier molecular flexibility index (Phi) is 3.57. The zero-order valence-corrected chi connectivity index (χ0v) is 12.9. The van der Waals surface area contributed by atoms with Crippen molar-refractivity contribution in [3.8, 4) is 0 Å². The molecule has 1 atom stereocenters. The molecule has 0 aromatic heterocycles. The van der Waals surface area contributed by atoms with Crippen LogP contribution in [-0.2, 0) is 6.42 Å². The molecule has 108 valence electrons. The van der Waals surface area contributed by atoms with Crippen molar-refractivity contribution in [2.75, 3.05) is 0 Å². The molecular formula is C19H16N2S. The maximum absolute atomic E-state index is 4.53. The van der Waals surface area contributed by atoms with E-state index in [-0.39, 0.29) is 5.37 Å². The third-order valence-electron chi connectivity index (χ3n) is 3.86. The molecule has 0 radical (unpaired) electrons. The molecule has 0 spiro atoms. The number of benzene rings is 3. The van der Waals surface area contributed by atoms with Crippen LogP contribution in [0.3, 0.4) is 0 Å². The smallest absolute Gasteiger partial charge is 0.121 e. The van der Waals surface area contributed by atoms with Crippen LogP contribution in [0.4, 0.5) is 0 Å².